The molecule has 6 nitrogen and oxygen atoms in total. The minimum Gasteiger partial charge on any atom is -0.508 e. The first-order chi connectivity index (χ1) is 17.1. The van der Waals surface area contributed by atoms with Crippen molar-refractivity contribution in [2.45, 2.75) is 13.0 Å². The average Bonchev–Trinajstić information content (AvgIpc) is 3.18. The Kier molecular flexibility index (Phi) is 6.16. The van der Waals surface area contributed by atoms with Gasteiger partial charge in [0.25, 0.3) is 5.56 Å². The summed E-state index contributed by atoms with van der Waals surface area (Å²) in [7, 11) is 0. The quantitative estimate of drug-likeness (QED) is 0.441. The fourth-order valence-electron chi connectivity index (χ4n) is 4.16. The number of hydrogen-bond donors (Lipinski definition) is 1. The first-order valence-electron chi connectivity index (χ1n) is 11.2. The number of thiazole rings is 1. The minimum absolute atomic E-state index is 0.115. The zero-order valence-corrected chi connectivity index (χ0v) is 19.7. The third kappa shape index (κ3) is 4.34. The number of nitrogens with zero attached hydrogens (tertiary/aromatic N) is 2. The van der Waals surface area contributed by atoms with E-state index in [2.05, 4.69) is 0 Å². The topological polar surface area (TPSA) is 80.9 Å². The van der Waals surface area contributed by atoms with Gasteiger partial charge in [0.15, 0.2) is 4.80 Å². The Morgan fingerprint density at radius 2 is 1.77 bits per heavy atom. The van der Waals surface area contributed by atoms with Crippen LogP contribution in [0.5, 0.6) is 5.75 Å². The molecule has 4 aromatic rings. The predicted molar refractivity (Wildman–Crippen MR) is 136 cm³/mol. The lowest BCUT2D eigenvalue weighted by Gasteiger charge is -2.25. The molecule has 0 spiro atoms. The maximum absolute atomic E-state index is 13.7. The molecule has 3 aromatic carbocycles. The van der Waals surface area contributed by atoms with E-state index in [4.69, 9.17) is 9.73 Å². The van der Waals surface area contributed by atoms with Gasteiger partial charge in [0, 0.05) is 5.56 Å². The summed E-state index contributed by atoms with van der Waals surface area (Å²) in [6.07, 6.45) is 1.72. The molecule has 1 N–H and O–H groups in total. The summed E-state index contributed by atoms with van der Waals surface area (Å²) < 4.78 is 7.47. The number of ether oxygens (including phenoxy) is 1. The van der Waals surface area contributed by atoms with Crippen molar-refractivity contribution in [3.05, 3.63) is 127 Å². The highest BCUT2D eigenvalue weighted by Gasteiger charge is 2.35. The maximum Gasteiger partial charge on any atom is 0.338 e. The molecule has 5 rings (SSSR count). The molecule has 2 heterocycles. The van der Waals surface area contributed by atoms with E-state index in [-0.39, 0.29) is 17.9 Å². The second kappa shape index (κ2) is 9.56. The average molecular weight is 483 g/mol. The largest absolute Gasteiger partial charge is 0.508 e. The number of rotatable bonds is 5. The van der Waals surface area contributed by atoms with Gasteiger partial charge >= 0.3 is 5.97 Å². The molecule has 1 aromatic heterocycles. The second-order valence-electron chi connectivity index (χ2n) is 7.94. The van der Waals surface area contributed by atoms with Gasteiger partial charge in [0.05, 0.1) is 28.5 Å². The van der Waals surface area contributed by atoms with Crippen molar-refractivity contribution >= 4 is 29.1 Å². The fourth-order valence-corrected chi connectivity index (χ4v) is 5.16. The summed E-state index contributed by atoms with van der Waals surface area (Å²) in [4.78, 5) is 32.3. The minimum atomic E-state index is -0.701. The smallest absolute Gasteiger partial charge is 0.338 e. The number of carbonyl (C=O) groups excluding carboxylic acids is 1. The van der Waals surface area contributed by atoms with Crippen LogP contribution < -0.4 is 14.9 Å². The van der Waals surface area contributed by atoms with E-state index >= 15 is 0 Å². The number of carbonyl (C=O) groups is 1. The maximum atomic E-state index is 13.7. The van der Waals surface area contributed by atoms with E-state index in [1.165, 1.54) is 11.3 Å². The van der Waals surface area contributed by atoms with Gasteiger partial charge in [-0.2, -0.15) is 0 Å². The number of esters is 1. The number of fused-ring (bicyclic) bond motifs is 1. The summed E-state index contributed by atoms with van der Waals surface area (Å²) in [5.74, 6) is -0.393. The zero-order valence-electron chi connectivity index (χ0n) is 18.9. The number of aromatic hydroxyl groups is 1. The number of hydrogen-bond acceptors (Lipinski definition) is 6. The van der Waals surface area contributed by atoms with Crippen LogP contribution in [0.15, 0.2) is 100 Å². The van der Waals surface area contributed by atoms with Crippen LogP contribution in [0.2, 0.25) is 0 Å². The van der Waals surface area contributed by atoms with Crippen molar-refractivity contribution in [1.82, 2.24) is 4.57 Å². The number of benzene rings is 3. The van der Waals surface area contributed by atoms with Crippen molar-refractivity contribution in [2.75, 3.05) is 6.61 Å². The Labute approximate surface area is 205 Å². The Morgan fingerprint density at radius 3 is 2.46 bits per heavy atom. The predicted octanol–water partition coefficient (Wildman–Crippen LogP) is 3.64. The van der Waals surface area contributed by atoms with Gasteiger partial charge < -0.3 is 9.84 Å². The molecule has 35 heavy (non-hydrogen) atoms. The van der Waals surface area contributed by atoms with Crippen LogP contribution >= 0.6 is 11.3 Å². The fraction of sp³-hybridized carbons (Fsp3) is 0.107. The number of aromatic nitrogens is 1. The molecule has 0 unspecified atom stereocenters. The zero-order chi connectivity index (χ0) is 24.4. The van der Waals surface area contributed by atoms with Gasteiger partial charge in [-0.15, -0.1) is 0 Å². The molecule has 0 aliphatic carbocycles. The molecule has 0 radical (unpaired) electrons. The Morgan fingerprint density at radius 1 is 1.06 bits per heavy atom. The Hall–Kier alpha value is -4.23. The first kappa shape index (κ1) is 22.6. The molecule has 1 atom stereocenters. The molecule has 1 aliphatic rings. The molecule has 0 bridgehead atoms. The standard InChI is InChI=1S/C28H22N2O4S/c1-2-34-27(33)23-24(19-11-5-3-6-12-19)29-28-30(25(23)20-13-7-4-8-14-20)26(32)22(35-28)17-18-10-9-15-21(31)16-18/h3-17,25,31H,2H2,1H3/b22-17-/t25-/m0/s1. The normalized spacial score (nSPS) is 15.5. The van der Waals surface area contributed by atoms with Crippen molar-refractivity contribution in [1.29, 1.82) is 0 Å². The van der Waals surface area contributed by atoms with Gasteiger partial charge in [-0.25, -0.2) is 9.79 Å². The Balaban J connectivity index is 1.83. The van der Waals surface area contributed by atoms with Gasteiger partial charge in [0.2, 0.25) is 0 Å². The monoisotopic (exact) mass is 482 g/mol. The lowest BCUT2D eigenvalue weighted by molar-refractivity contribution is -0.138. The Bertz CT molecular complexity index is 1600. The van der Waals surface area contributed by atoms with E-state index in [1.807, 2.05) is 66.7 Å². The highest BCUT2D eigenvalue weighted by Crippen LogP contribution is 2.35. The molecule has 0 saturated heterocycles. The molecule has 0 saturated carbocycles. The van der Waals surface area contributed by atoms with Gasteiger partial charge in [-0.3, -0.25) is 9.36 Å². The van der Waals surface area contributed by atoms with Crippen LogP contribution in [0.1, 0.15) is 29.7 Å². The molecule has 7 heteroatoms. The van der Waals surface area contributed by atoms with E-state index in [9.17, 15) is 14.7 Å². The second-order valence-corrected chi connectivity index (χ2v) is 8.95. The summed E-state index contributed by atoms with van der Waals surface area (Å²) in [5.41, 5.74) is 2.79. The highest BCUT2D eigenvalue weighted by molar-refractivity contribution is 7.07. The lowest BCUT2D eigenvalue weighted by atomic mass is 9.93. The number of phenols is 1. The number of phenolic OH excluding ortho intramolecular Hbond substituents is 1. The van der Waals surface area contributed by atoms with Crippen molar-refractivity contribution in [2.24, 2.45) is 4.99 Å². The third-order valence-corrected chi connectivity index (χ3v) is 6.64. The van der Waals surface area contributed by atoms with Gasteiger partial charge in [-0.1, -0.05) is 84.1 Å². The molecule has 0 fully saturated rings. The molecule has 0 amide bonds. The van der Waals surface area contributed by atoms with E-state index < -0.39 is 12.0 Å². The van der Waals surface area contributed by atoms with Gasteiger partial charge in [0.1, 0.15) is 5.75 Å². The summed E-state index contributed by atoms with van der Waals surface area (Å²) in [6.45, 7) is 1.95. The summed E-state index contributed by atoms with van der Waals surface area (Å²) in [6, 6.07) is 24.9. The van der Waals surface area contributed by atoms with Crippen LogP contribution in [0.25, 0.3) is 11.8 Å². The third-order valence-electron chi connectivity index (χ3n) is 5.66. The van der Waals surface area contributed by atoms with Crippen LogP contribution in [-0.4, -0.2) is 22.2 Å². The highest BCUT2D eigenvalue weighted by atomic mass is 32.1. The SMILES string of the molecule is CCOC(=O)C1=C(c2ccccc2)N=c2s/c(=C\c3cccc(O)c3)c(=O)n2[C@H]1c1ccccc1. The van der Waals surface area contributed by atoms with Gasteiger partial charge in [-0.05, 0) is 36.3 Å². The molecule has 1 aliphatic heterocycles. The van der Waals surface area contributed by atoms with Crippen molar-refractivity contribution in [3.8, 4) is 5.75 Å². The van der Waals surface area contributed by atoms with Crippen LogP contribution in [0.4, 0.5) is 0 Å². The molecular weight excluding hydrogens is 460 g/mol. The summed E-state index contributed by atoms with van der Waals surface area (Å²) >= 11 is 1.25. The van der Waals surface area contributed by atoms with Crippen molar-refractivity contribution in [3.63, 3.8) is 0 Å². The van der Waals surface area contributed by atoms with Crippen LogP contribution in [0.3, 0.4) is 0 Å². The van der Waals surface area contributed by atoms with E-state index in [0.29, 0.717) is 26.2 Å². The van der Waals surface area contributed by atoms with Crippen molar-refractivity contribution < 1.29 is 14.6 Å². The van der Waals surface area contributed by atoms with E-state index in [1.54, 1.807) is 35.8 Å². The first-order valence-corrected chi connectivity index (χ1v) is 12.0. The van der Waals surface area contributed by atoms with Crippen LogP contribution in [0, 0.1) is 0 Å². The van der Waals surface area contributed by atoms with E-state index in [0.717, 1.165) is 11.1 Å². The van der Waals surface area contributed by atoms with Crippen LogP contribution in [-0.2, 0) is 9.53 Å². The summed E-state index contributed by atoms with van der Waals surface area (Å²) in [5, 5.41) is 9.84. The lowest BCUT2D eigenvalue weighted by Crippen LogP contribution is -2.39. The molecular formula is C28H22N2O4S. The molecule has 174 valence electrons.